The third kappa shape index (κ3) is 2.68. The maximum Gasteiger partial charge on any atom is 0.139 e. The second-order valence-electron chi connectivity index (χ2n) is 5.05. The summed E-state index contributed by atoms with van der Waals surface area (Å²) < 4.78 is 7.33. The molecule has 118 valence electrons. The van der Waals surface area contributed by atoms with Gasteiger partial charge >= 0.3 is 0 Å². The molecular weight excluding hydrogens is 320 g/mol. The smallest absolute Gasteiger partial charge is 0.139 e. The van der Waals surface area contributed by atoms with E-state index in [1.165, 1.54) is 0 Å². The van der Waals surface area contributed by atoms with Crippen LogP contribution in [0.3, 0.4) is 0 Å². The third-order valence-electron chi connectivity index (χ3n) is 3.59. The highest BCUT2D eigenvalue weighted by atomic mass is 32.1. The minimum atomic E-state index is 0.781. The van der Waals surface area contributed by atoms with E-state index in [-0.39, 0.29) is 0 Å². The number of hydrogen-bond donors (Lipinski definition) is 0. The van der Waals surface area contributed by atoms with Crippen molar-refractivity contribution < 1.29 is 4.74 Å². The molecule has 0 bridgehead atoms. The Kier molecular flexibility index (Phi) is 3.80. The van der Waals surface area contributed by atoms with Gasteiger partial charge in [0.15, 0.2) is 0 Å². The van der Waals surface area contributed by atoms with Crippen LogP contribution in [-0.2, 0) is 0 Å². The number of methoxy groups -OCH3 is 1. The molecule has 0 aliphatic heterocycles. The number of fused-ring (bicyclic) bond motifs is 1. The van der Waals surface area contributed by atoms with Gasteiger partial charge in [0.2, 0.25) is 0 Å². The largest absolute Gasteiger partial charge is 0.497 e. The lowest BCUT2D eigenvalue weighted by molar-refractivity contribution is 0.415. The van der Waals surface area contributed by atoms with E-state index in [0.717, 1.165) is 33.4 Å². The monoisotopic (exact) mass is 334 g/mol. The topological polar surface area (TPSA) is 52.8 Å². The van der Waals surface area contributed by atoms with Crippen molar-refractivity contribution in [3.05, 3.63) is 65.0 Å². The molecule has 0 amide bonds. The Morgan fingerprint density at radius 1 is 1.08 bits per heavy atom. The van der Waals surface area contributed by atoms with E-state index >= 15 is 0 Å². The van der Waals surface area contributed by atoms with Crippen molar-refractivity contribution in [1.82, 2.24) is 19.5 Å². The van der Waals surface area contributed by atoms with Gasteiger partial charge in [0.05, 0.1) is 18.1 Å². The molecule has 0 saturated heterocycles. The second kappa shape index (κ2) is 6.25. The molecule has 6 heteroatoms. The van der Waals surface area contributed by atoms with E-state index in [1.54, 1.807) is 30.8 Å². The SMILES string of the molecule is COc1ccc2c(c1)nc(C=Cc1nccs1)n2-c1ccccn1. The fraction of sp³-hybridized carbons (Fsp3) is 0.0556. The minimum Gasteiger partial charge on any atom is -0.497 e. The molecule has 24 heavy (non-hydrogen) atoms. The van der Waals surface area contributed by atoms with Crippen molar-refractivity contribution >= 4 is 34.5 Å². The van der Waals surface area contributed by atoms with Gasteiger partial charge in [-0.1, -0.05) is 6.07 Å². The van der Waals surface area contributed by atoms with Gasteiger partial charge in [-0.3, -0.25) is 4.57 Å². The van der Waals surface area contributed by atoms with Crippen molar-refractivity contribution in [2.75, 3.05) is 7.11 Å². The molecule has 0 aliphatic rings. The van der Waals surface area contributed by atoms with Gasteiger partial charge < -0.3 is 4.74 Å². The number of thiazole rings is 1. The van der Waals surface area contributed by atoms with Gasteiger partial charge in [-0.05, 0) is 36.4 Å². The normalized spacial score (nSPS) is 11.4. The Hall–Kier alpha value is -2.99. The van der Waals surface area contributed by atoms with Crippen LogP contribution in [0.4, 0.5) is 0 Å². The van der Waals surface area contributed by atoms with Gasteiger partial charge in [-0.25, -0.2) is 15.0 Å². The van der Waals surface area contributed by atoms with Crippen LogP contribution in [0.25, 0.3) is 29.0 Å². The molecule has 0 N–H and O–H groups in total. The average molecular weight is 334 g/mol. The van der Waals surface area contributed by atoms with E-state index in [1.807, 2.05) is 58.5 Å². The van der Waals surface area contributed by atoms with Crippen molar-refractivity contribution in [3.63, 3.8) is 0 Å². The summed E-state index contributed by atoms with van der Waals surface area (Å²) in [5, 5.41) is 2.89. The lowest BCUT2D eigenvalue weighted by Gasteiger charge is -2.06. The number of rotatable bonds is 4. The Morgan fingerprint density at radius 2 is 2.04 bits per heavy atom. The molecule has 1 aromatic carbocycles. The van der Waals surface area contributed by atoms with E-state index in [0.29, 0.717) is 0 Å². The summed E-state index contributed by atoms with van der Waals surface area (Å²) in [6, 6.07) is 11.7. The number of nitrogens with zero attached hydrogens (tertiary/aromatic N) is 4. The van der Waals surface area contributed by atoms with Crippen LogP contribution in [0.2, 0.25) is 0 Å². The summed E-state index contributed by atoms with van der Waals surface area (Å²) in [5.74, 6) is 2.40. The first-order valence-electron chi connectivity index (χ1n) is 7.40. The molecule has 0 aliphatic carbocycles. The van der Waals surface area contributed by atoms with Gasteiger partial charge in [-0.2, -0.15) is 0 Å². The Morgan fingerprint density at radius 3 is 2.79 bits per heavy atom. The maximum absolute atomic E-state index is 5.30. The third-order valence-corrected chi connectivity index (χ3v) is 4.33. The zero-order valence-corrected chi connectivity index (χ0v) is 13.8. The van der Waals surface area contributed by atoms with Crippen LogP contribution < -0.4 is 4.74 Å². The molecule has 4 aromatic rings. The highest BCUT2D eigenvalue weighted by Gasteiger charge is 2.12. The molecule has 0 unspecified atom stereocenters. The molecular formula is C18H14N4OS. The summed E-state index contributed by atoms with van der Waals surface area (Å²) in [6.07, 6.45) is 7.48. The Labute approximate surface area is 142 Å². The maximum atomic E-state index is 5.30. The molecule has 4 rings (SSSR count). The summed E-state index contributed by atoms with van der Waals surface area (Å²) in [4.78, 5) is 13.5. The average Bonchev–Trinajstić information content (AvgIpc) is 3.27. The highest BCUT2D eigenvalue weighted by molar-refractivity contribution is 7.10. The molecule has 5 nitrogen and oxygen atoms in total. The van der Waals surface area contributed by atoms with E-state index in [2.05, 4.69) is 9.97 Å². The predicted molar refractivity (Wildman–Crippen MR) is 96.5 cm³/mol. The van der Waals surface area contributed by atoms with Crippen LogP contribution in [0, 0.1) is 0 Å². The van der Waals surface area contributed by atoms with E-state index < -0.39 is 0 Å². The van der Waals surface area contributed by atoms with Crippen molar-refractivity contribution in [1.29, 1.82) is 0 Å². The lowest BCUT2D eigenvalue weighted by atomic mass is 10.3. The number of aromatic nitrogens is 4. The van der Waals surface area contributed by atoms with Gasteiger partial charge in [0.1, 0.15) is 22.4 Å². The number of benzene rings is 1. The molecule has 0 spiro atoms. The number of pyridine rings is 1. The fourth-order valence-corrected chi connectivity index (χ4v) is 3.04. The summed E-state index contributed by atoms with van der Waals surface area (Å²) in [7, 11) is 1.65. The zero-order chi connectivity index (χ0) is 16.4. The van der Waals surface area contributed by atoms with E-state index in [9.17, 15) is 0 Å². The molecule has 0 atom stereocenters. The zero-order valence-electron chi connectivity index (χ0n) is 13.0. The van der Waals surface area contributed by atoms with Gasteiger partial charge in [0.25, 0.3) is 0 Å². The molecule has 0 fully saturated rings. The number of imidazole rings is 1. The van der Waals surface area contributed by atoms with Gasteiger partial charge in [0, 0.05) is 23.8 Å². The number of ether oxygens (including phenoxy) is 1. The van der Waals surface area contributed by atoms with Crippen LogP contribution in [0.1, 0.15) is 10.8 Å². The molecule has 0 saturated carbocycles. The van der Waals surface area contributed by atoms with Crippen molar-refractivity contribution in [2.24, 2.45) is 0 Å². The standard InChI is InChI=1S/C18H14N4OS/c1-23-13-5-6-15-14(12-13)21-17(7-8-18-20-10-11-24-18)22(15)16-4-2-3-9-19-16/h2-12H,1H3. The van der Waals surface area contributed by atoms with Crippen molar-refractivity contribution in [2.45, 2.75) is 0 Å². The fourth-order valence-electron chi connectivity index (χ4n) is 2.51. The van der Waals surface area contributed by atoms with Crippen LogP contribution in [0.5, 0.6) is 5.75 Å². The van der Waals surface area contributed by atoms with E-state index in [4.69, 9.17) is 9.72 Å². The van der Waals surface area contributed by atoms with Crippen LogP contribution >= 0.6 is 11.3 Å². The quantitative estimate of drug-likeness (QED) is 0.565. The first-order valence-corrected chi connectivity index (χ1v) is 8.28. The lowest BCUT2D eigenvalue weighted by Crippen LogP contribution is -1.99. The van der Waals surface area contributed by atoms with Crippen molar-refractivity contribution in [3.8, 4) is 11.6 Å². The Balaban J connectivity index is 1.90. The molecule has 0 radical (unpaired) electrons. The minimum absolute atomic E-state index is 0.781. The first kappa shape index (κ1) is 14.6. The molecule has 3 heterocycles. The van der Waals surface area contributed by atoms with Crippen LogP contribution in [0.15, 0.2) is 54.2 Å². The predicted octanol–water partition coefficient (Wildman–Crippen LogP) is 4.06. The Bertz CT molecular complexity index is 991. The highest BCUT2D eigenvalue weighted by Crippen LogP contribution is 2.25. The number of hydrogen-bond acceptors (Lipinski definition) is 5. The summed E-state index contributed by atoms with van der Waals surface area (Å²) in [6.45, 7) is 0. The van der Waals surface area contributed by atoms with Gasteiger partial charge in [-0.15, -0.1) is 11.3 Å². The first-order chi connectivity index (χ1) is 11.8. The van der Waals surface area contributed by atoms with Crippen LogP contribution in [-0.4, -0.2) is 26.6 Å². The summed E-state index contributed by atoms with van der Waals surface area (Å²) >= 11 is 1.59. The molecule has 3 aromatic heterocycles. The second-order valence-corrected chi connectivity index (χ2v) is 5.98. The summed E-state index contributed by atoms with van der Waals surface area (Å²) in [5.41, 5.74) is 1.84.